The number of sulfonamides is 1. The topological polar surface area (TPSA) is 96.0 Å². The Bertz CT molecular complexity index is 1480. The second kappa shape index (κ2) is 13.8. The molecule has 1 N–H and O–H groups in total. The molecule has 1 fully saturated rings. The Hall–Kier alpha value is -3.92. The standard InChI is InChI=1S/C32H38FN3O5S/c1-23-13-18-30(41-2)28(19-23)36(42(3,39)40)22-31(37)35(21-25-14-16-26(33)17-15-25)29(20-24-9-5-4-6-10-24)32(38)34-27-11-7-8-12-27/h4-6,9-10,13-19,27,29H,7-8,11-12,20-22H2,1-3H3,(H,34,38). The minimum Gasteiger partial charge on any atom is -0.495 e. The van der Waals surface area contributed by atoms with Crippen LogP contribution in [-0.2, 0) is 32.6 Å². The lowest BCUT2D eigenvalue weighted by molar-refractivity contribution is -0.140. The van der Waals surface area contributed by atoms with Crippen molar-refractivity contribution in [3.05, 3.63) is 95.3 Å². The lowest BCUT2D eigenvalue weighted by Gasteiger charge is -2.34. The highest BCUT2D eigenvalue weighted by Gasteiger charge is 2.34. The van der Waals surface area contributed by atoms with Gasteiger partial charge in [0.25, 0.3) is 0 Å². The Labute approximate surface area is 247 Å². The summed E-state index contributed by atoms with van der Waals surface area (Å²) in [6.45, 7) is 1.24. The van der Waals surface area contributed by atoms with Crippen molar-refractivity contribution in [2.75, 3.05) is 24.2 Å². The maximum Gasteiger partial charge on any atom is 0.244 e. The molecular formula is C32H38FN3O5S. The van der Waals surface area contributed by atoms with Crippen LogP contribution in [0.1, 0.15) is 42.4 Å². The zero-order valence-electron chi connectivity index (χ0n) is 24.3. The van der Waals surface area contributed by atoms with E-state index in [0.717, 1.165) is 47.4 Å². The number of aryl methyl sites for hydroxylation is 1. The lowest BCUT2D eigenvalue weighted by Crippen LogP contribution is -2.54. The van der Waals surface area contributed by atoms with Gasteiger partial charge in [-0.15, -0.1) is 0 Å². The van der Waals surface area contributed by atoms with Gasteiger partial charge in [0.05, 0.1) is 19.1 Å². The zero-order valence-corrected chi connectivity index (χ0v) is 25.1. The summed E-state index contributed by atoms with van der Waals surface area (Å²) >= 11 is 0. The lowest BCUT2D eigenvalue weighted by atomic mass is 10.0. The van der Waals surface area contributed by atoms with Crippen molar-refractivity contribution < 1.29 is 27.1 Å². The number of hydrogen-bond acceptors (Lipinski definition) is 5. The highest BCUT2D eigenvalue weighted by Crippen LogP contribution is 2.31. The van der Waals surface area contributed by atoms with Crippen molar-refractivity contribution in [2.24, 2.45) is 0 Å². The van der Waals surface area contributed by atoms with Gasteiger partial charge in [-0.3, -0.25) is 13.9 Å². The number of anilines is 1. The molecule has 1 aliphatic carbocycles. The number of benzene rings is 3. The van der Waals surface area contributed by atoms with Gasteiger partial charge in [-0.2, -0.15) is 0 Å². The van der Waals surface area contributed by atoms with Crippen molar-refractivity contribution in [3.8, 4) is 5.75 Å². The van der Waals surface area contributed by atoms with Gasteiger partial charge in [0.1, 0.15) is 24.2 Å². The van der Waals surface area contributed by atoms with Crippen molar-refractivity contribution in [1.29, 1.82) is 0 Å². The van der Waals surface area contributed by atoms with Crippen molar-refractivity contribution >= 4 is 27.5 Å². The maximum atomic E-state index is 14.2. The van der Waals surface area contributed by atoms with Crippen LogP contribution < -0.4 is 14.4 Å². The molecule has 3 aromatic carbocycles. The number of carbonyl (C=O) groups excluding carboxylic acids is 2. The van der Waals surface area contributed by atoms with E-state index in [1.165, 1.54) is 24.1 Å². The molecule has 42 heavy (non-hydrogen) atoms. The zero-order chi connectivity index (χ0) is 30.3. The molecule has 0 aromatic heterocycles. The Kier molecular flexibility index (Phi) is 10.2. The van der Waals surface area contributed by atoms with Crippen LogP contribution in [0.5, 0.6) is 5.75 Å². The summed E-state index contributed by atoms with van der Waals surface area (Å²) < 4.78 is 46.3. The molecule has 1 atom stereocenters. The predicted octanol–water partition coefficient (Wildman–Crippen LogP) is 4.61. The normalized spacial score (nSPS) is 14.3. The second-order valence-corrected chi connectivity index (χ2v) is 12.7. The molecule has 3 aromatic rings. The van der Waals surface area contributed by atoms with Gasteiger partial charge < -0.3 is 15.0 Å². The van der Waals surface area contributed by atoms with Crippen LogP contribution in [0, 0.1) is 12.7 Å². The Morgan fingerprint density at radius 2 is 1.67 bits per heavy atom. The van der Waals surface area contributed by atoms with Gasteiger partial charge in [0, 0.05) is 19.0 Å². The maximum absolute atomic E-state index is 14.2. The number of carbonyl (C=O) groups is 2. The van der Waals surface area contributed by atoms with Crippen molar-refractivity contribution in [1.82, 2.24) is 10.2 Å². The first-order valence-corrected chi connectivity index (χ1v) is 15.9. The van der Waals surface area contributed by atoms with Gasteiger partial charge in [-0.05, 0) is 60.7 Å². The van der Waals surface area contributed by atoms with E-state index < -0.39 is 34.3 Å². The van der Waals surface area contributed by atoms with E-state index in [4.69, 9.17) is 4.74 Å². The van der Waals surface area contributed by atoms with Gasteiger partial charge >= 0.3 is 0 Å². The fourth-order valence-corrected chi connectivity index (χ4v) is 6.14. The molecule has 1 aliphatic rings. The molecular weight excluding hydrogens is 557 g/mol. The third-order valence-electron chi connectivity index (χ3n) is 7.52. The van der Waals surface area contributed by atoms with Gasteiger partial charge in [-0.25, -0.2) is 12.8 Å². The number of ether oxygens (including phenoxy) is 1. The first-order valence-electron chi connectivity index (χ1n) is 14.1. The minimum atomic E-state index is -3.94. The number of hydrogen-bond donors (Lipinski definition) is 1. The van der Waals surface area contributed by atoms with Gasteiger partial charge in [-0.1, -0.05) is 61.4 Å². The molecule has 10 heteroatoms. The fraction of sp³-hybridized carbons (Fsp3) is 0.375. The highest BCUT2D eigenvalue weighted by molar-refractivity contribution is 7.92. The molecule has 2 amide bonds. The van der Waals surface area contributed by atoms with Crippen LogP contribution in [-0.4, -0.2) is 57.1 Å². The van der Waals surface area contributed by atoms with E-state index in [0.29, 0.717) is 11.3 Å². The Morgan fingerprint density at radius 1 is 1.00 bits per heavy atom. The fourth-order valence-electron chi connectivity index (χ4n) is 5.30. The Morgan fingerprint density at radius 3 is 2.29 bits per heavy atom. The molecule has 4 rings (SSSR count). The summed E-state index contributed by atoms with van der Waals surface area (Å²) in [7, 11) is -2.51. The number of amides is 2. The van der Waals surface area contributed by atoms with Crippen LogP contribution in [0.2, 0.25) is 0 Å². The molecule has 1 saturated carbocycles. The quantitative estimate of drug-likeness (QED) is 0.330. The van der Waals surface area contributed by atoms with Crippen molar-refractivity contribution in [3.63, 3.8) is 0 Å². The van der Waals surface area contributed by atoms with Gasteiger partial charge in [0.2, 0.25) is 21.8 Å². The number of rotatable bonds is 12. The molecule has 0 aliphatic heterocycles. The first kappa shape index (κ1) is 31.0. The van der Waals surface area contributed by atoms with E-state index in [2.05, 4.69) is 5.32 Å². The average Bonchev–Trinajstić information content (AvgIpc) is 3.47. The summed E-state index contributed by atoms with van der Waals surface area (Å²) in [5.41, 5.74) is 2.47. The number of nitrogens with one attached hydrogen (secondary N) is 1. The third-order valence-corrected chi connectivity index (χ3v) is 8.65. The van der Waals surface area contributed by atoms with Crippen LogP contribution in [0.4, 0.5) is 10.1 Å². The molecule has 224 valence electrons. The van der Waals surface area contributed by atoms with Crippen LogP contribution in [0.25, 0.3) is 0 Å². The summed E-state index contributed by atoms with van der Waals surface area (Å²) in [6, 6.07) is 19.2. The molecule has 0 radical (unpaired) electrons. The van der Waals surface area contributed by atoms with Crippen molar-refractivity contribution in [2.45, 2.75) is 57.7 Å². The summed E-state index contributed by atoms with van der Waals surface area (Å²) in [5, 5.41) is 3.13. The van der Waals surface area contributed by atoms with E-state index in [1.807, 2.05) is 37.3 Å². The number of methoxy groups -OCH3 is 1. The predicted molar refractivity (Wildman–Crippen MR) is 161 cm³/mol. The summed E-state index contributed by atoms with van der Waals surface area (Å²) in [4.78, 5) is 29.5. The minimum absolute atomic E-state index is 0.0163. The van der Waals surface area contributed by atoms with E-state index in [1.54, 1.807) is 30.3 Å². The van der Waals surface area contributed by atoms with Crippen LogP contribution in [0.3, 0.4) is 0 Å². The number of nitrogens with zero attached hydrogens (tertiary/aromatic N) is 2. The smallest absolute Gasteiger partial charge is 0.244 e. The highest BCUT2D eigenvalue weighted by atomic mass is 32.2. The Balaban J connectivity index is 1.75. The monoisotopic (exact) mass is 595 g/mol. The largest absolute Gasteiger partial charge is 0.495 e. The molecule has 0 heterocycles. The average molecular weight is 596 g/mol. The molecule has 0 spiro atoms. The second-order valence-electron chi connectivity index (χ2n) is 10.8. The molecule has 0 saturated heterocycles. The molecule has 8 nitrogen and oxygen atoms in total. The number of halogens is 1. The van der Waals surface area contributed by atoms with E-state index in [-0.39, 0.29) is 30.6 Å². The third kappa shape index (κ3) is 8.09. The summed E-state index contributed by atoms with van der Waals surface area (Å²) in [5.74, 6) is -1.01. The van der Waals surface area contributed by atoms with Crippen LogP contribution in [0.15, 0.2) is 72.8 Å². The molecule has 0 bridgehead atoms. The van der Waals surface area contributed by atoms with E-state index >= 15 is 0 Å². The van der Waals surface area contributed by atoms with E-state index in [9.17, 15) is 22.4 Å². The first-order chi connectivity index (χ1) is 20.0. The molecule has 1 unspecified atom stereocenters. The SMILES string of the molecule is COc1ccc(C)cc1N(CC(=O)N(Cc1ccc(F)cc1)C(Cc1ccccc1)C(=O)NC1CCCC1)S(C)(=O)=O. The van der Waals surface area contributed by atoms with Gasteiger partial charge in [0.15, 0.2) is 0 Å². The van der Waals surface area contributed by atoms with Crippen LogP contribution >= 0.6 is 0 Å². The summed E-state index contributed by atoms with van der Waals surface area (Å²) in [6.07, 6.45) is 5.03.